The lowest BCUT2D eigenvalue weighted by molar-refractivity contribution is -0.147. The zero-order valence-electron chi connectivity index (χ0n) is 11.9. The van der Waals surface area contributed by atoms with Crippen molar-refractivity contribution < 1.29 is 14.3 Å². The summed E-state index contributed by atoms with van der Waals surface area (Å²) >= 11 is 0. The van der Waals surface area contributed by atoms with Crippen LogP contribution in [0, 0.1) is 0 Å². The molecular weight excluding hydrogens is 244 g/mol. The van der Waals surface area contributed by atoms with E-state index in [1.165, 1.54) is 25.7 Å². The number of likely N-dealkylation sites (tertiary alicyclic amines) is 1. The first kappa shape index (κ1) is 14.8. The molecule has 5 nitrogen and oxygen atoms in total. The van der Waals surface area contributed by atoms with Crippen molar-refractivity contribution in [1.29, 1.82) is 0 Å². The van der Waals surface area contributed by atoms with E-state index < -0.39 is 6.10 Å². The van der Waals surface area contributed by atoms with Crippen molar-refractivity contribution in [2.75, 3.05) is 39.5 Å². The van der Waals surface area contributed by atoms with Gasteiger partial charge in [-0.3, -0.25) is 9.69 Å². The molecule has 2 fully saturated rings. The quantitative estimate of drug-likeness (QED) is 0.802. The summed E-state index contributed by atoms with van der Waals surface area (Å²) in [7, 11) is 0. The minimum atomic E-state index is -0.419. The summed E-state index contributed by atoms with van der Waals surface area (Å²) in [5.41, 5.74) is 0. The molecule has 0 aromatic rings. The maximum absolute atomic E-state index is 11.9. The molecule has 1 N–H and O–H groups in total. The van der Waals surface area contributed by atoms with E-state index in [-0.39, 0.29) is 5.91 Å². The third kappa shape index (κ3) is 4.44. The van der Waals surface area contributed by atoms with Crippen LogP contribution in [-0.4, -0.2) is 62.4 Å². The van der Waals surface area contributed by atoms with Gasteiger partial charge in [0.05, 0.1) is 19.8 Å². The van der Waals surface area contributed by atoms with E-state index in [0.717, 1.165) is 13.1 Å². The maximum atomic E-state index is 11.9. The van der Waals surface area contributed by atoms with Gasteiger partial charge in [-0.25, -0.2) is 0 Å². The first-order valence-corrected chi connectivity index (χ1v) is 7.52. The molecule has 19 heavy (non-hydrogen) atoms. The molecule has 110 valence electrons. The highest BCUT2D eigenvalue weighted by Gasteiger charge is 2.23. The molecule has 2 aliphatic heterocycles. The number of carbonyl (C=O) groups excluding carboxylic acids is 1. The number of nitrogens with zero attached hydrogens (tertiary/aromatic N) is 1. The van der Waals surface area contributed by atoms with Crippen LogP contribution in [0.25, 0.3) is 0 Å². The SMILES string of the molecule is CC[C@@H]1CCCCN1CCNC(=O)[C@H]1COCCO1. The van der Waals surface area contributed by atoms with E-state index in [1.54, 1.807) is 0 Å². The summed E-state index contributed by atoms with van der Waals surface area (Å²) in [6, 6.07) is 0.694. The number of piperidine rings is 1. The molecule has 0 unspecified atom stereocenters. The molecule has 5 heteroatoms. The van der Waals surface area contributed by atoms with Gasteiger partial charge in [-0.1, -0.05) is 13.3 Å². The van der Waals surface area contributed by atoms with Crippen molar-refractivity contribution >= 4 is 5.91 Å². The highest BCUT2D eigenvalue weighted by molar-refractivity contribution is 5.80. The fourth-order valence-corrected chi connectivity index (χ4v) is 2.89. The minimum absolute atomic E-state index is 0.0373. The molecular formula is C14H26N2O3. The fraction of sp³-hybridized carbons (Fsp3) is 0.929. The van der Waals surface area contributed by atoms with Gasteiger partial charge >= 0.3 is 0 Å². The van der Waals surface area contributed by atoms with E-state index in [4.69, 9.17) is 9.47 Å². The number of rotatable bonds is 5. The van der Waals surface area contributed by atoms with Crippen LogP contribution in [0.2, 0.25) is 0 Å². The van der Waals surface area contributed by atoms with Crippen LogP contribution in [0.1, 0.15) is 32.6 Å². The number of hydrogen-bond acceptors (Lipinski definition) is 4. The highest BCUT2D eigenvalue weighted by atomic mass is 16.6. The number of hydrogen-bond donors (Lipinski definition) is 1. The average molecular weight is 270 g/mol. The summed E-state index contributed by atoms with van der Waals surface area (Å²) in [6.45, 7) is 6.55. The molecule has 2 atom stereocenters. The van der Waals surface area contributed by atoms with Crippen LogP contribution in [-0.2, 0) is 14.3 Å². The summed E-state index contributed by atoms with van der Waals surface area (Å²) < 4.78 is 10.6. The minimum Gasteiger partial charge on any atom is -0.376 e. The lowest BCUT2D eigenvalue weighted by Gasteiger charge is -2.35. The van der Waals surface area contributed by atoms with Gasteiger partial charge < -0.3 is 14.8 Å². The smallest absolute Gasteiger partial charge is 0.251 e. The van der Waals surface area contributed by atoms with Crippen LogP contribution in [0.5, 0.6) is 0 Å². The van der Waals surface area contributed by atoms with E-state index in [0.29, 0.717) is 32.4 Å². The second kappa shape index (κ2) is 7.82. The second-order valence-electron chi connectivity index (χ2n) is 5.32. The number of amides is 1. The Bertz CT molecular complexity index is 280. The van der Waals surface area contributed by atoms with E-state index in [2.05, 4.69) is 17.1 Å². The van der Waals surface area contributed by atoms with Crippen LogP contribution >= 0.6 is 0 Å². The molecule has 0 radical (unpaired) electrons. The standard InChI is InChI=1S/C14H26N2O3/c1-2-12-5-3-4-7-16(12)8-6-15-14(17)13-11-18-9-10-19-13/h12-13H,2-11H2,1H3,(H,15,17)/t12-,13-/m1/s1. The topological polar surface area (TPSA) is 50.8 Å². The molecule has 2 heterocycles. The van der Waals surface area contributed by atoms with E-state index in [9.17, 15) is 4.79 Å². The number of nitrogens with one attached hydrogen (secondary N) is 1. The fourth-order valence-electron chi connectivity index (χ4n) is 2.89. The Kier molecular flexibility index (Phi) is 6.07. The van der Waals surface area contributed by atoms with Gasteiger partial charge in [0.15, 0.2) is 6.10 Å². The Balaban J connectivity index is 1.65. The van der Waals surface area contributed by atoms with E-state index in [1.807, 2.05) is 0 Å². The molecule has 0 spiro atoms. The first-order valence-electron chi connectivity index (χ1n) is 7.52. The number of ether oxygens (including phenoxy) is 2. The molecule has 0 aromatic carbocycles. The van der Waals surface area contributed by atoms with Crippen molar-refractivity contribution in [3.8, 4) is 0 Å². The van der Waals surface area contributed by atoms with Crippen LogP contribution in [0.4, 0.5) is 0 Å². The Morgan fingerprint density at radius 2 is 2.26 bits per heavy atom. The lowest BCUT2D eigenvalue weighted by atomic mass is 10.0. The van der Waals surface area contributed by atoms with Gasteiger partial charge in [-0.15, -0.1) is 0 Å². The van der Waals surface area contributed by atoms with Crippen molar-refractivity contribution in [1.82, 2.24) is 10.2 Å². The largest absolute Gasteiger partial charge is 0.376 e. The molecule has 1 amide bonds. The van der Waals surface area contributed by atoms with Crippen molar-refractivity contribution in [3.05, 3.63) is 0 Å². The molecule has 2 rings (SSSR count). The zero-order valence-corrected chi connectivity index (χ0v) is 11.9. The third-order valence-electron chi connectivity index (χ3n) is 4.03. The van der Waals surface area contributed by atoms with Gasteiger partial charge in [-0.05, 0) is 25.8 Å². The summed E-state index contributed by atoms with van der Waals surface area (Å²) in [5, 5.41) is 2.96. The number of carbonyl (C=O) groups is 1. The Morgan fingerprint density at radius 3 is 3.00 bits per heavy atom. The van der Waals surface area contributed by atoms with Crippen molar-refractivity contribution in [3.63, 3.8) is 0 Å². The van der Waals surface area contributed by atoms with Crippen LogP contribution in [0.3, 0.4) is 0 Å². The van der Waals surface area contributed by atoms with E-state index >= 15 is 0 Å². The van der Waals surface area contributed by atoms with Gasteiger partial charge in [0.25, 0.3) is 5.91 Å². The zero-order chi connectivity index (χ0) is 13.5. The maximum Gasteiger partial charge on any atom is 0.251 e. The van der Waals surface area contributed by atoms with Crippen LogP contribution < -0.4 is 5.32 Å². The first-order chi connectivity index (χ1) is 9.31. The van der Waals surface area contributed by atoms with Crippen molar-refractivity contribution in [2.45, 2.75) is 44.8 Å². The lowest BCUT2D eigenvalue weighted by Crippen LogP contribution is -2.47. The predicted molar refractivity (Wildman–Crippen MR) is 73.1 cm³/mol. The molecule has 0 aliphatic carbocycles. The summed E-state index contributed by atoms with van der Waals surface area (Å²) in [4.78, 5) is 14.4. The summed E-state index contributed by atoms with van der Waals surface area (Å²) in [5.74, 6) is -0.0373. The molecule has 0 aromatic heterocycles. The van der Waals surface area contributed by atoms with Gasteiger partial charge in [0.1, 0.15) is 0 Å². The average Bonchev–Trinajstić information content (AvgIpc) is 2.48. The normalized spacial score (nSPS) is 29.1. The Hall–Kier alpha value is -0.650. The third-order valence-corrected chi connectivity index (χ3v) is 4.03. The van der Waals surface area contributed by atoms with Gasteiger partial charge in [0.2, 0.25) is 0 Å². The molecule has 2 aliphatic rings. The van der Waals surface area contributed by atoms with Crippen molar-refractivity contribution in [2.24, 2.45) is 0 Å². The van der Waals surface area contributed by atoms with Gasteiger partial charge in [0, 0.05) is 19.1 Å². The molecule has 0 saturated carbocycles. The Labute approximate surface area is 115 Å². The highest BCUT2D eigenvalue weighted by Crippen LogP contribution is 2.18. The monoisotopic (exact) mass is 270 g/mol. The Morgan fingerprint density at radius 1 is 1.37 bits per heavy atom. The predicted octanol–water partition coefficient (Wildman–Crippen LogP) is 0.783. The van der Waals surface area contributed by atoms with Crippen LogP contribution in [0.15, 0.2) is 0 Å². The van der Waals surface area contributed by atoms with Gasteiger partial charge in [-0.2, -0.15) is 0 Å². The molecule has 0 bridgehead atoms. The second-order valence-corrected chi connectivity index (χ2v) is 5.32. The molecule has 2 saturated heterocycles. The summed E-state index contributed by atoms with van der Waals surface area (Å²) in [6.07, 6.45) is 4.70.